The number of thiophene rings is 1. The van der Waals surface area contributed by atoms with E-state index >= 15 is 0 Å². The van der Waals surface area contributed by atoms with E-state index in [0.29, 0.717) is 12.8 Å². The molecule has 4 rings (SSSR count). The van der Waals surface area contributed by atoms with Gasteiger partial charge in [-0.2, -0.15) is 0 Å². The molecule has 6 nitrogen and oxygen atoms in total. The van der Waals surface area contributed by atoms with Gasteiger partial charge in [-0.3, -0.25) is 0 Å². The third-order valence-corrected chi connectivity index (χ3v) is 5.67. The van der Waals surface area contributed by atoms with E-state index in [1.807, 2.05) is 17.8 Å². The highest BCUT2D eigenvalue weighted by atomic mass is 32.1. The van der Waals surface area contributed by atoms with E-state index in [1.165, 1.54) is 5.56 Å². The number of anilines is 1. The maximum Gasteiger partial charge on any atom is 0.141 e. The van der Waals surface area contributed by atoms with Crippen LogP contribution >= 0.6 is 11.3 Å². The molecular weight excluding hydrogens is 310 g/mol. The fourth-order valence-corrected chi connectivity index (χ4v) is 4.25. The molecule has 0 atom stereocenters. The highest BCUT2D eigenvalue weighted by Gasteiger charge is 2.37. The van der Waals surface area contributed by atoms with Crippen molar-refractivity contribution in [2.75, 3.05) is 18.0 Å². The highest BCUT2D eigenvalue weighted by molar-refractivity contribution is 7.17. The van der Waals surface area contributed by atoms with Crippen LogP contribution in [0.5, 0.6) is 0 Å². The summed E-state index contributed by atoms with van der Waals surface area (Å²) in [4.78, 5) is 16.5. The van der Waals surface area contributed by atoms with Gasteiger partial charge in [0, 0.05) is 45.4 Å². The van der Waals surface area contributed by atoms with Gasteiger partial charge in [0.25, 0.3) is 0 Å². The van der Waals surface area contributed by atoms with Crippen LogP contribution in [-0.2, 0) is 12.6 Å². The molecule has 7 heteroatoms. The molecule has 120 valence electrons. The molecule has 1 aliphatic heterocycles. The summed E-state index contributed by atoms with van der Waals surface area (Å²) in [6.45, 7) is 3.61. The van der Waals surface area contributed by atoms with Crippen molar-refractivity contribution >= 4 is 27.4 Å². The van der Waals surface area contributed by atoms with Crippen molar-refractivity contribution in [1.82, 2.24) is 19.5 Å². The third kappa shape index (κ3) is 2.31. The van der Waals surface area contributed by atoms with E-state index in [2.05, 4.69) is 32.2 Å². The molecule has 4 heterocycles. The van der Waals surface area contributed by atoms with Crippen LogP contribution < -0.4 is 4.90 Å². The summed E-state index contributed by atoms with van der Waals surface area (Å²) in [5.74, 6) is 1.73. The van der Waals surface area contributed by atoms with E-state index in [4.69, 9.17) is 0 Å². The molecule has 0 bridgehead atoms. The molecule has 0 aliphatic carbocycles. The minimum absolute atomic E-state index is 0.645. The van der Waals surface area contributed by atoms with Gasteiger partial charge in [-0.25, -0.2) is 15.0 Å². The summed E-state index contributed by atoms with van der Waals surface area (Å²) >= 11 is 1.65. The Kier molecular flexibility index (Phi) is 3.35. The van der Waals surface area contributed by atoms with Gasteiger partial charge >= 0.3 is 0 Å². The van der Waals surface area contributed by atoms with Gasteiger partial charge in [-0.05, 0) is 17.9 Å². The van der Waals surface area contributed by atoms with Crippen molar-refractivity contribution in [2.24, 2.45) is 7.05 Å². The Balaban J connectivity index is 1.62. The van der Waals surface area contributed by atoms with Crippen molar-refractivity contribution in [1.29, 1.82) is 0 Å². The lowest BCUT2D eigenvalue weighted by molar-refractivity contribution is 0.000712. The van der Waals surface area contributed by atoms with Gasteiger partial charge in [-0.1, -0.05) is 0 Å². The van der Waals surface area contributed by atoms with Gasteiger partial charge in [0.05, 0.1) is 5.39 Å². The van der Waals surface area contributed by atoms with Crippen LogP contribution in [0.2, 0.25) is 0 Å². The zero-order chi connectivity index (χ0) is 16.0. The number of nitrogens with zero attached hydrogens (tertiary/aromatic N) is 5. The highest BCUT2D eigenvalue weighted by Crippen LogP contribution is 2.36. The van der Waals surface area contributed by atoms with Crippen molar-refractivity contribution in [3.63, 3.8) is 0 Å². The quantitative estimate of drug-likeness (QED) is 0.781. The van der Waals surface area contributed by atoms with E-state index in [1.54, 1.807) is 23.9 Å². The fourth-order valence-electron chi connectivity index (χ4n) is 3.36. The molecule has 0 amide bonds. The number of fused-ring (bicyclic) bond motifs is 1. The van der Waals surface area contributed by atoms with Crippen LogP contribution in [0.15, 0.2) is 24.1 Å². The number of rotatable bonds is 2. The average Bonchev–Trinajstić information content (AvgIpc) is 3.15. The molecule has 0 radical (unpaired) electrons. The lowest BCUT2D eigenvalue weighted by Crippen LogP contribution is -2.44. The largest absolute Gasteiger partial charge is 0.382 e. The molecule has 1 fully saturated rings. The second-order valence-electron chi connectivity index (χ2n) is 6.18. The summed E-state index contributed by atoms with van der Waals surface area (Å²) in [6.07, 6.45) is 6.54. The van der Waals surface area contributed by atoms with E-state index < -0.39 is 5.60 Å². The number of imidazole rings is 1. The van der Waals surface area contributed by atoms with Crippen LogP contribution in [0.1, 0.15) is 24.2 Å². The Bertz CT molecular complexity index is 847. The molecule has 1 N–H and O–H groups in total. The first-order valence-corrected chi connectivity index (χ1v) is 8.60. The first-order chi connectivity index (χ1) is 11.1. The second kappa shape index (κ2) is 5.28. The number of hydrogen-bond donors (Lipinski definition) is 1. The normalized spacial score (nSPS) is 17.8. The maximum absolute atomic E-state index is 11.0. The number of aryl methyl sites for hydroxylation is 2. The first kappa shape index (κ1) is 14.6. The minimum Gasteiger partial charge on any atom is -0.382 e. The van der Waals surface area contributed by atoms with Gasteiger partial charge < -0.3 is 14.6 Å². The van der Waals surface area contributed by atoms with E-state index in [-0.39, 0.29) is 0 Å². The molecule has 0 saturated carbocycles. The number of hydrogen-bond acceptors (Lipinski definition) is 6. The topological polar surface area (TPSA) is 67.1 Å². The molecule has 0 aromatic carbocycles. The number of piperidine rings is 1. The van der Waals surface area contributed by atoms with Crippen LogP contribution in [0.4, 0.5) is 5.82 Å². The van der Waals surface area contributed by atoms with Crippen LogP contribution in [0.3, 0.4) is 0 Å². The molecule has 3 aromatic heterocycles. The number of aliphatic hydroxyl groups is 1. The molecule has 1 saturated heterocycles. The molecule has 1 aliphatic rings. The van der Waals surface area contributed by atoms with Crippen molar-refractivity contribution in [3.8, 4) is 0 Å². The molecule has 23 heavy (non-hydrogen) atoms. The Hall–Kier alpha value is -1.99. The summed E-state index contributed by atoms with van der Waals surface area (Å²) in [7, 11) is 1.93. The Morgan fingerprint density at radius 3 is 2.70 bits per heavy atom. The molecule has 0 unspecified atom stereocenters. The zero-order valence-corrected chi connectivity index (χ0v) is 14.0. The van der Waals surface area contributed by atoms with Crippen molar-refractivity contribution in [2.45, 2.75) is 25.4 Å². The predicted octanol–water partition coefficient (Wildman–Crippen LogP) is 2.22. The van der Waals surface area contributed by atoms with Gasteiger partial charge in [-0.15, -0.1) is 11.3 Å². The Labute approximate surface area is 138 Å². The van der Waals surface area contributed by atoms with Crippen molar-refractivity contribution in [3.05, 3.63) is 35.5 Å². The summed E-state index contributed by atoms with van der Waals surface area (Å²) < 4.78 is 1.90. The van der Waals surface area contributed by atoms with E-state index in [0.717, 1.165) is 34.9 Å². The van der Waals surface area contributed by atoms with Crippen LogP contribution in [0.25, 0.3) is 10.2 Å². The second-order valence-corrected chi connectivity index (χ2v) is 7.03. The first-order valence-electron chi connectivity index (χ1n) is 7.72. The fraction of sp³-hybridized carbons (Fsp3) is 0.438. The zero-order valence-electron chi connectivity index (χ0n) is 13.2. The maximum atomic E-state index is 11.0. The molecule has 3 aromatic rings. The standard InChI is InChI=1S/C16H19N5OS/c1-11-9-23-14-12(11)13(18-10-19-14)21-6-3-16(22,4-7-21)15-17-5-8-20(15)2/h5,8-10,22H,3-4,6-7H2,1-2H3. The lowest BCUT2D eigenvalue weighted by atomic mass is 9.90. The average molecular weight is 329 g/mol. The van der Waals surface area contributed by atoms with Crippen molar-refractivity contribution < 1.29 is 5.11 Å². The molecule has 0 spiro atoms. The smallest absolute Gasteiger partial charge is 0.141 e. The van der Waals surface area contributed by atoms with Gasteiger partial charge in [0.2, 0.25) is 0 Å². The predicted molar refractivity (Wildman–Crippen MR) is 90.7 cm³/mol. The van der Waals surface area contributed by atoms with Gasteiger partial charge in [0.15, 0.2) is 0 Å². The van der Waals surface area contributed by atoms with Gasteiger partial charge in [0.1, 0.15) is 28.4 Å². The molecular formula is C16H19N5OS. The third-order valence-electron chi connectivity index (χ3n) is 4.66. The summed E-state index contributed by atoms with van der Waals surface area (Å²) in [5, 5.41) is 14.2. The lowest BCUT2D eigenvalue weighted by Gasteiger charge is -2.38. The number of aromatic nitrogens is 4. The summed E-state index contributed by atoms with van der Waals surface area (Å²) in [6, 6.07) is 0. The Morgan fingerprint density at radius 1 is 1.22 bits per heavy atom. The Morgan fingerprint density at radius 2 is 2.00 bits per heavy atom. The monoisotopic (exact) mass is 329 g/mol. The minimum atomic E-state index is -0.857. The van der Waals surface area contributed by atoms with Crippen LogP contribution in [-0.4, -0.2) is 37.7 Å². The van der Waals surface area contributed by atoms with Crippen LogP contribution in [0, 0.1) is 6.92 Å². The van der Waals surface area contributed by atoms with E-state index in [9.17, 15) is 5.11 Å². The summed E-state index contributed by atoms with van der Waals surface area (Å²) in [5.41, 5.74) is 0.357. The SMILES string of the molecule is Cc1csc2ncnc(N3CCC(O)(c4nccn4C)CC3)c12.